The molecule has 1 heterocycles. The van der Waals surface area contributed by atoms with Gasteiger partial charge in [0.15, 0.2) is 11.5 Å². The van der Waals surface area contributed by atoms with Gasteiger partial charge in [0, 0.05) is 18.0 Å². The molecule has 0 fully saturated rings. The first kappa shape index (κ1) is 12.7. The van der Waals surface area contributed by atoms with Crippen LogP contribution in [0.25, 0.3) is 0 Å². The molecule has 1 aliphatic heterocycles. The first-order chi connectivity index (χ1) is 8.70. The van der Waals surface area contributed by atoms with Crippen LogP contribution in [0.1, 0.15) is 37.0 Å². The smallest absolute Gasteiger partial charge is 0.251 e. The lowest BCUT2D eigenvalue weighted by Crippen LogP contribution is -2.31. The highest BCUT2D eigenvalue weighted by Crippen LogP contribution is 2.30. The van der Waals surface area contributed by atoms with Crippen LogP contribution in [0.4, 0.5) is 0 Å². The molecule has 0 aliphatic carbocycles. The van der Waals surface area contributed by atoms with Crippen LogP contribution in [0, 0.1) is 0 Å². The van der Waals surface area contributed by atoms with E-state index in [-0.39, 0.29) is 11.9 Å². The number of hydrogen-bond donors (Lipinski definition) is 1. The van der Waals surface area contributed by atoms with Gasteiger partial charge >= 0.3 is 0 Å². The summed E-state index contributed by atoms with van der Waals surface area (Å²) in [5, 5.41) is 2.93. The van der Waals surface area contributed by atoms with Crippen LogP contribution in [-0.2, 0) is 0 Å². The molecule has 18 heavy (non-hydrogen) atoms. The molecule has 4 nitrogen and oxygen atoms in total. The number of rotatable bonds is 3. The average Bonchev–Trinajstić information content (AvgIpc) is 2.62. The minimum atomic E-state index is -0.0694. The van der Waals surface area contributed by atoms with Crippen LogP contribution in [0.15, 0.2) is 18.2 Å². The van der Waals surface area contributed by atoms with Gasteiger partial charge in [0.25, 0.3) is 5.91 Å². The summed E-state index contributed by atoms with van der Waals surface area (Å²) in [6.45, 7) is 5.31. The number of hydrogen-bond acceptors (Lipinski definition) is 3. The lowest BCUT2D eigenvalue weighted by atomic mass is 10.1. The normalized spacial score (nSPS) is 15.7. The van der Waals surface area contributed by atoms with Crippen LogP contribution in [-0.4, -0.2) is 25.2 Å². The quantitative estimate of drug-likeness (QED) is 0.894. The van der Waals surface area contributed by atoms with E-state index in [2.05, 4.69) is 5.32 Å². The van der Waals surface area contributed by atoms with Gasteiger partial charge in [-0.1, -0.05) is 6.92 Å². The molecule has 0 saturated heterocycles. The van der Waals surface area contributed by atoms with E-state index in [1.165, 1.54) is 0 Å². The lowest BCUT2D eigenvalue weighted by Gasteiger charge is -2.13. The molecule has 1 aliphatic rings. The van der Waals surface area contributed by atoms with E-state index in [1.807, 2.05) is 13.8 Å². The summed E-state index contributed by atoms with van der Waals surface area (Å²) in [7, 11) is 0. The van der Waals surface area contributed by atoms with Gasteiger partial charge in [-0.25, -0.2) is 0 Å². The van der Waals surface area contributed by atoms with Crippen LogP contribution >= 0.6 is 0 Å². The highest BCUT2D eigenvalue weighted by Gasteiger charge is 2.14. The Balaban J connectivity index is 2.15. The number of fused-ring (bicyclic) bond motifs is 1. The Kier molecular flexibility index (Phi) is 4.07. The van der Waals surface area contributed by atoms with Crippen molar-refractivity contribution in [1.82, 2.24) is 5.32 Å². The maximum Gasteiger partial charge on any atom is 0.251 e. The van der Waals surface area contributed by atoms with Gasteiger partial charge in [-0.3, -0.25) is 4.79 Å². The van der Waals surface area contributed by atoms with E-state index in [0.717, 1.165) is 12.8 Å². The molecule has 1 atom stereocenters. The van der Waals surface area contributed by atoms with Crippen molar-refractivity contribution >= 4 is 5.91 Å². The summed E-state index contributed by atoms with van der Waals surface area (Å²) >= 11 is 0. The molecule has 4 heteroatoms. The Morgan fingerprint density at radius 1 is 1.33 bits per heavy atom. The van der Waals surface area contributed by atoms with Crippen molar-refractivity contribution < 1.29 is 14.3 Å². The minimum absolute atomic E-state index is 0.0694. The molecule has 1 amide bonds. The molecule has 0 saturated carbocycles. The standard InChI is InChI=1S/C14H19NO3/c1-3-10(2)15-14(16)11-5-6-12-13(9-11)18-8-4-7-17-12/h5-6,9-10H,3-4,7-8H2,1-2H3,(H,15,16)/t10-/m1/s1. The van der Waals surface area contributed by atoms with E-state index in [0.29, 0.717) is 30.3 Å². The van der Waals surface area contributed by atoms with Crippen molar-refractivity contribution in [3.63, 3.8) is 0 Å². The third kappa shape index (κ3) is 2.94. The van der Waals surface area contributed by atoms with Gasteiger partial charge in [-0.2, -0.15) is 0 Å². The number of ether oxygens (including phenoxy) is 2. The van der Waals surface area contributed by atoms with Crippen LogP contribution in [0.2, 0.25) is 0 Å². The zero-order valence-corrected chi connectivity index (χ0v) is 10.9. The Morgan fingerprint density at radius 2 is 2.06 bits per heavy atom. The fraction of sp³-hybridized carbons (Fsp3) is 0.500. The largest absolute Gasteiger partial charge is 0.490 e. The van der Waals surface area contributed by atoms with Crippen molar-refractivity contribution in [1.29, 1.82) is 0 Å². The Morgan fingerprint density at radius 3 is 2.78 bits per heavy atom. The first-order valence-electron chi connectivity index (χ1n) is 6.41. The second kappa shape index (κ2) is 5.76. The molecule has 1 aromatic rings. The van der Waals surface area contributed by atoms with Crippen LogP contribution in [0.5, 0.6) is 11.5 Å². The highest BCUT2D eigenvalue weighted by atomic mass is 16.5. The lowest BCUT2D eigenvalue weighted by molar-refractivity contribution is 0.0939. The van der Waals surface area contributed by atoms with Gasteiger partial charge in [0.2, 0.25) is 0 Å². The van der Waals surface area contributed by atoms with Gasteiger partial charge < -0.3 is 14.8 Å². The molecular weight excluding hydrogens is 230 g/mol. The first-order valence-corrected chi connectivity index (χ1v) is 6.41. The molecule has 1 aromatic carbocycles. The Labute approximate surface area is 107 Å². The predicted molar refractivity (Wildman–Crippen MR) is 69.3 cm³/mol. The van der Waals surface area contributed by atoms with Crippen molar-refractivity contribution in [2.75, 3.05) is 13.2 Å². The zero-order valence-electron chi connectivity index (χ0n) is 10.9. The summed E-state index contributed by atoms with van der Waals surface area (Å²) in [6, 6.07) is 5.49. The second-order valence-corrected chi connectivity index (χ2v) is 4.49. The van der Waals surface area contributed by atoms with Gasteiger partial charge in [0.1, 0.15) is 0 Å². The topological polar surface area (TPSA) is 47.6 Å². The second-order valence-electron chi connectivity index (χ2n) is 4.49. The van der Waals surface area contributed by atoms with E-state index in [9.17, 15) is 4.79 Å². The number of carbonyl (C=O) groups excluding carboxylic acids is 1. The molecule has 0 unspecified atom stereocenters. The summed E-state index contributed by atoms with van der Waals surface area (Å²) in [4.78, 5) is 12.0. The predicted octanol–water partition coefficient (Wildman–Crippen LogP) is 2.38. The van der Waals surface area contributed by atoms with E-state index in [4.69, 9.17) is 9.47 Å². The molecule has 0 bridgehead atoms. The van der Waals surface area contributed by atoms with Gasteiger partial charge in [0.05, 0.1) is 13.2 Å². The molecule has 0 radical (unpaired) electrons. The van der Waals surface area contributed by atoms with Gasteiger partial charge in [-0.15, -0.1) is 0 Å². The van der Waals surface area contributed by atoms with Crippen molar-refractivity contribution in [2.24, 2.45) is 0 Å². The summed E-state index contributed by atoms with van der Waals surface area (Å²) in [5.74, 6) is 1.30. The summed E-state index contributed by atoms with van der Waals surface area (Å²) in [6.07, 6.45) is 1.78. The molecular formula is C14H19NO3. The highest BCUT2D eigenvalue weighted by molar-refractivity contribution is 5.95. The molecule has 0 spiro atoms. The van der Waals surface area contributed by atoms with Crippen molar-refractivity contribution in [3.8, 4) is 11.5 Å². The van der Waals surface area contributed by atoms with E-state index < -0.39 is 0 Å². The van der Waals surface area contributed by atoms with Crippen molar-refractivity contribution in [3.05, 3.63) is 23.8 Å². The molecule has 98 valence electrons. The zero-order chi connectivity index (χ0) is 13.0. The maximum atomic E-state index is 12.0. The average molecular weight is 249 g/mol. The number of nitrogens with one attached hydrogen (secondary N) is 1. The van der Waals surface area contributed by atoms with Crippen molar-refractivity contribution in [2.45, 2.75) is 32.7 Å². The third-order valence-corrected chi connectivity index (χ3v) is 3.00. The summed E-state index contributed by atoms with van der Waals surface area (Å²) < 4.78 is 11.1. The fourth-order valence-electron chi connectivity index (χ4n) is 1.71. The molecule has 1 N–H and O–H groups in total. The maximum absolute atomic E-state index is 12.0. The van der Waals surface area contributed by atoms with E-state index in [1.54, 1.807) is 18.2 Å². The van der Waals surface area contributed by atoms with E-state index >= 15 is 0 Å². The van der Waals surface area contributed by atoms with Gasteiger partial charge in [-0.05, 0) is 31.5 Å². The molecule has 0 aromatic heterocycles. The minimum Gasteiger partial charge on any atom is -0.490 e. The fourth-order valence-corrected chi connectivity index (χ4v) is 1.71. The van der Waals surface area contributed by atoms with Crippen LogP contribution in [0.3, 0.4) is 0 Å². The van der Waals surface area contributed by atoms with Crippen LogP contribution < -0.4 is 14.8 Å². The Bertz CT molecular complexity index is 431. The number of carbonyl (C=O) groups is 1. The number of benzene rings is 1. The third-order valence-electron chi connectivity index (χ3n) is 3.00. The summed E-state index contributed by atoms with van der Waals surface area (Å²) in [5.41, 5.74) is 0.611. The molecule has 2 rings (SSSR count). The Hall–Kier alpha value is -1.71. The monoisotopic (exact) mass is 249 g/mol. The SMILES string of the molecule is CC[C@@H](C)NC(=O)c1ccc2c(c1)OCCCO2. The number of amides is 1.